The summed E-state index contributed by atoms with van der Waals surface area (Å²) >= 11 is 0. The third kappa shape index (κ3) is 3.85. The number of nitrogens with zero attached hydrogens (tertiary/aromatic N) is 2. The largest absolute Gasteiger partial charge is 0.312 e. The molecule has 0 saturated carbocycles. The molecule has 2 heterocycles. The Hall–Kier alpha value is -0.900. The van der Waals surface area contributed by atoms with Gasteiger partial charge >= 0.3 is 0 Å². The average molecular weight is 287 g/mol. The molecule has 1 aromatic rings. The summed E-state index contributed by atoms with van der Waals surface area (Å²) in [6, 6.07) is 8.97. The topological polar surface area (TPSA) is 18.5 Å². The van der Waals surface area contributed by atoms with Gasteiger partial charge < -0.3 is 15.1 Å². The summed E-state index contributed by atoms with van der Waals surface area (Å²) < 4.78 is 0. The number of fused-ring (bicyclic) bond motifs is 1. The van der Waals surface area contributed by atoms with Gasteiger partial charge in [-0.15, -0.1) is 0 Å². The van der Waals surface area contributed by atoms with Crippen LogP contribution in [0.3, 0.4) is 0 Å². The molecule has 3 nitrogen and oxygen atoms in total. The minimum absolute atomic E-state index is 0.667. The number of piperidine rings is 1. The van der Waals surface area contributed by atoms with E-state index in [1.807, 2.05) is 0 Å². The highest BCUT2D eigenvalue weighted by Gasteiger charge is 2.25. The zero-order valence-corrected chi connectivity index (χ0v) is 13.5. The Morgan fingerprint density at radius 3 is 2.71 bits per heavy atom. The van der Waals surface area contributed by atoms with Crippen LogP contribution in [0.5, 0.6) is 0 Å². The normalized spacial score (nSPS) is 24.2. The molecule has 0 aromatic heterocycles. The molecule has 3 heteroatoms. The van der Waals surface area contributed by atoms with E-state index in [2.05, 4.69) is 53.5 Å². The minimum Gasteiger partial charge on any atom is -0.312 e. The van der Waals surface area contributed by atoms with Crippen molar-refractivity contribution in [3.63, 3.8) is 0 Å². The van der Waals surface area contributed by atoms with Gasteiger partial charge in [0.15, 0.2) is 0 Å². The van der Waals surface area contributed by atoms with Gasteiger partial charge in [-0.1, -0.05) is 24.3 Å². The Bertz CT molecular complexity index is 450. The third-order valence-electron chi connectivity index (χ3n) is 5.01. The van der Waals surface area contributed by atoms with Crippen molar-refractivity contribution in [1.82, 2.24) is 15.1 Å². The Morgan fingerprint density at radius 2 is 1.95 bits per heavy atom. The smallest absolute Gasteiger partial charge is 0.0208 e. The second-order valence-electron chi connectivity index (χ2n) is 7.03. The Kier molecular flexibility index (Phi) is 4.94. The van der Waals surface area contributed by atoms with Gasteiger partial charge in [0.25, 0.3) is 0 Å². The molecule has 116 valence electrons. The van der Waals surface area contributed by atoms with E-state index in [-0.39, 0.29) is 0 Å². The fourth-order valence-corrected chi connectivity index (χ4v) is 3.93. The molecular weight excluding hydrogens is 258 g/mol. The number of likely N-dealkylation sites (tertiary alicyclic amines) is 1. The van der Waals surface area contributed by atoms with Crippen molar-refractivity contribution >= 4 is 0 Å². The van der Waals surface area contributed by atoms with Crippen molar-refractivity contribution in [3.8, 4) is 0 Å². The Morgan fingerprint density at radius 1 is 1.19 bits per heavy atom. The molecule has 21 heavy (non-hydrogen) atoms. The number of hydrogen-bond acceptors (Lipinski definition) is 3. The quantitative estimate of drug-likeness (QED) is 0.915. The van der Waals surface area contributed by atoms with Gasteiger partial charge in [-0.3, -0.25) is 0 Å². The SMILES string of the molecule is CN(C)CC1CCN(CC2CNCc3ccccc32)CC1. The average Bonchev–Trinajstić information content (AvgIpc) is 2.49. The van der Waals surface area contributed by atoms with E-state index in [0.29, 0.717) is 5.92 Å². The summed E-state index contributed by atoms with van der Waals surface area (Å²) in [6.07, 6.45) is 2.72. The van der Waals surface area contributed by atoms with Gasteiger partial charge in [-0.2, -0.15) is 0 Å². The van der Waals surface area contributed by atoms with Crippen LogP contribution in [-0.4, -0.2) is 56.6 Å². The highest BCUT2D eigenvalue weighted by Crippen LogP contribution is 2.26. The maximum atomic E-state index is 3.58. The maximum absolute atomic E-state index is 3.58. The molecule has 1 saturated heterocycles. The van der Waals surface area contributed by atoms with Gasteiger partial charge in [0.1, 0.15) is 0 Å². The number of benzene rings is 1. The van der Waals surface area contributed by atoms with Crippen molar-refractivity contribution in [2.75, 3.05) is 46.8 Å². The number of nitrogens with one attached hydrogen (secondary N) is 1. The number of hydrogen-bond donors (Lipinski definition) is 1. The van der Waals surface area contributed by atoms with E-state index in [4.69, 9.17) is 0 Å². The molecule has 2 aliphatic rings. The minimum atomic E-state index is 0.667. The first-order valence-electron chi connectivity index (χ1n) is 8.38. The molecule has 0 radical (unpaired) electrons. The summed E-state index contributed by atoms with van der Waals surface area (Å²) in [5.41, 5.74) is 3.07. The van der Waals surface area contributed by atoms with Crippen LogP contribution < -0.4 is 5.32 Å². The zero-order valence-electron chi connectivity index (χ0n) is 13.5. The van der Waals surface area contributed by atoms with E-state index in [1.165, 1.54) is 44.6 Å². The molecule has 1 N–H and O–H groups in total. The highest BCUT2D eigenvalue weighted by atomic mass is 15.1. The van der Waals surface area contributed by atoms with Gasteiger partial charge in [-0.05, 0) is 57.1 Å². The predicted octanol–water partition coefficient (Wildman–Crippen LogP) is 2.15. The summed E-state index contributed by atoms with van der Waals surface area (Å²) in [4.78, 5) is 5.02. The number of rotatable bonds is 4. The summed E-state index contributed by atoms with van der Waals surface area (Å²) in [5.74, 6) is 1.56. The van der Waals surface area contributed by atoms with Crippen molar-refractivity contribution in [1.29, 1.82) is 0 Å². The molecule has 3 rings (SSSR count). The summed E-state index contributed by atoms with van der Waals surface area (Å²) in [7, 11) is 4.38. The van der Waals surface area contributed by atoms with E-state index >= 15 is 0 Å². The Labute approximate surface area is 129 Å². The van der Waals surface area contributed by atoms with E-state index in [1.54, 1.807) is 5.56 Å². The molecule has 1 unspecified atom stereocenters. The Balaban J connectivity index is 1.54. The predicted molar refractivity (Wildman–Crippen MR) is 88.6 cm³/mol. The molecule has 2 aliphatic heterocycles. The third-order valence-corrected chi connectivity index (χ3v) is 5.01. The van der Waals surface area contributed by atoms with Crippen LogP contribution in [0.1, 0.15) is 29.9 Å². The van der Waals surface area contributed by atoms with Crippen LogP contribution in [0.4, 0.5) is 0 Å². The first-order valence-corrected chi connectivity index (χ1v) is 8.38. The monoisotopic (exact) mass is 287 g/mol. The van der Waals surface area contributed by atoms with Crippen molar-refractivity contribution < 1.29 is 0 Å². The highest BCUT2D eigenvalue weighted by molar-refractivity contribution is 5.32. The molecule has 1 atom stereocenters. The van der Waals surface area contributed by atoms with Crippen LogP contribution >= 0.6 is 0 Å². The second-order valence-corrected chi connectivity index (χ2v) is 7.03. The van der Waals surface area contributed by atoms with Crippen molar-refractivity contribution in [2.24, 2.45) is 5.92 Å². The van der Waals surface area contributed by atoms with Gasteiger partial charge in [0.2, 0.25) is 0 Å². The molecule has 0 aliphatic carbocycles. The standard InChI is InChI=1S/C18H29N3/c1-20(2)13-15-7-9-21(10-8-15)14-17-12-19-11-16-5-3-4-6-18(16)17/h3-6,15,17,19H,7-14H2,1-2H3. The first-order chi connectivity index (χ1) is 10.2. The maximum Gasteiger partial charge on any atom is 0.0208 e. The lowest BCUT2D eigenvalue weighted by atomic mass is 9.89. The van der Waals surface area contributed by atoms with Crippen LogP contribution in [0.15, 0.2) is 24.3 Å². The summed E-state index contributed by atoms with van der Waals surface area (Å²) in [6.45, 7) is 7.20. The fraction of sp³-hybridized carbons (Fsp3) is 0.667. The van der Waals surface area contributed by atoms with Crippen LogP contribution in [0.2, 0.25) is 0 Å². The molecule has 1 aromatic carbocycles. The molecule has 0 bridgehead atoms. The lowest BCUT2D eigenvalue weighted by molar-refractivity contribution is 0.154. The molecular formula is C18H29N3. The molecule has 0 spiro atoms. The van der Waals surface area contributed by atoms with Gasteiger partial charge in [-0.25, -0.2) is 0 Å². The van der Waals surface area contributed by atoms with Crippen LogP contribution in [0.25, 0.3) is 0 Å². The second kappa shape index (κ2) is 6.91. The summed E-state index contributed by atoms with van der Waals surface area (Å²) in [5, 5.41) is 3.58. The molecule has 1 fully saturated rings. The zero-order chi connectivity index (χ0) is 14.7. The lowest BCUT2D eigenvalue weighted by Crippen LogP contribution is -2.42. The van der Waals surface area contributed by atoms with E-state index < -0.39 is 0 Å². The van der Waals surface area contributed by atoms with E-state index in [9.17, 15) is 0 Å². The van der Waals surface area contributed by atoms with E-state index in [0.717, 1.165) is 19.0 Å². The van der Waals surface area contributed by atoms with Crippen molar-refractivity contribution in [2.45, 2.75) is 25.3 Å². The van der Waals surface area contributed by atoms with Crippen molar-refractivity contribution in [3.05, 3.63) is 35.4 Å². The van der Waals surface area contributed by atoms with Crippen LogP contribution in [0, 0.1) is 5.92 Å². The van der Waals surface area contributed by atoms with Gasteiger partial charge in [0.05, 0.1) is 0 Å². The molecule has 0 amide bonds. The lowest BCUT2D eigenvalue weighted by Gasteiger charge is -2.37. The first kappa shape index (κ1) is 15.0. The fourth-order valence-electron chi connectivity index (χ4n) is 3.93. The van der Waals surface area contributed by atoms with Crippen LogP contribution in [-0.2, 0) is 6.54 Å². The van der Waals surface area contributed by atoms with Gasteiger partial charge in [0, 0.05) is 32.1 Å².